The minimum atomic E-state index is -0.288. The van der Waals surface area contributed by atoms with Crippen LogP contribution in [-0.2, 0) is 0 Å². The molecule has 3 aromatic rings. The zero-order valence-electron chi connectivity index (χ0n) is 15.1. The minimum Gasteiger partial charge on any atom is -0.457 e. The van der Waals surface area contributed by atoms with Gasteiger partial charge in [-0.15, -0.1) is 5.10 Å². The Kier molecular flexibility index (Phi) is 5.55. The van der Waals surface area contributed by atoms with Crippen LogP contribution in [0.25, 0.3) is 0 Å². The highest BCUT2D eigenvalue weighted by Crippen LogP contribution is 2.25. The highest BCUT2D eigenvalue weighted by Gasteiger charge is 2.18. The van der Waals surface area contributed by atoms with Gasteiger partial charge in [0.1, 0.15) is 11.5 Å². The Morgan fingerprint density at radius 2 is 1.93 bits per heavy atom. The lowest BCUT2D eigenvalue weighted by Gasteiger charge is -2.22. The molecule has 1 aromatic heterocycles. The van der Waals surface area contributed by atoms with Crippen LogP contribution < -0.4 is 15.4 Å². The first-order valence-electron chi connectivity index (χ1n) is 9.15. The molecule has 0 radical (unpaired) electrons. The molecule has 0 saturated carbocycles. The maximum Gasteiger partial charge on any atom is 0.277 e. The number of anilines is 1. The van der Waals surface area contributed by atoms with Gasteiger partial charge in [0.25, 0.3) is 5.91 Å². The van der Waals surface area contributed by atoms with Gasteiger partial charge in [0.05, 0.1) is 12.2 Å². The van der Waals surface area contributed by atoms with Crippen molar-refractivity contribution in [3.8, 4) is 11.5 Å². The number of amides is 1. The fourth-order valence-electron chi connectivity index (χ4n) is 3.10. The summed E-state index contributed by atoms with van der Waals surface area (Å²) < 4.78 is 7.54. The van der Waals surface area contributed by atoms with Crippen LogP contribution in [0, 0.1) is 0 Å². The number of nitrogens with one attached hydrogen (secondary N) is 2. The van der Waals surface area contributed by atoms with Gasteiger partial charge in [-0.05, 0) is 68.4 Å². The Labute approximate surface area is 167 Å². The van der Waals surface area contributed by atoms with Crippen molar-refractivity contribution in [1.29, 1.82) is 0 Å². The van der Waals surface area contributed by atoms with Crippen molar-refractivity contribution >= 4 is 23.2 Å². The van der Waals surface area contributed by atoms with Crippen molar-refractivity contribution in [2.45, 2.75) is 18.9 Å². The van der Waals surface area contributed by atoms with Crippen LogP contribution in [0.3, 0.4) is 0 Å². The number of piperidine rings is 1. The summed E-state index contributed by atoms with van der Waals surface area (Å²) in [5, 5.41) is 14.9. The Balaban J connectivity index is 1.37. The quantitative estimate of drug-likeness (QED) is 0.682. The molecule has 1 aliphatic heterocycles. The molecule has 8 heteroatoms. The van der Waals surface area contributed by atoms with E-state index >= 15 is 0 Å². The Morgan fingerprint density at radius 1 is 1.14 bits per heavy atom. The number of aromatic nitrogens is 3. The zero-order chi connectivity index (χ0) is 19.3. The minimum absolute atomic E-state index is 0.288. The molecule has 4 rings (SSSR count). The molecule has 0 atom stereocenters. The van der Waals surface area contributed by atoms with E-state index in [-0.39, 0.29) is 5.91 Å². The predicted molar refractivity (Wildman–Crippen MR) is 107 cm³/mol. The van der Waals surface area contributed by atoms with Crippen LogP contribution >= 0.6 is 11.6 Å². The Bertz CT molecular complexity index is 951. The van der Waals surface area contributed by atoms with Gasteiger partial charge >= 0.3 is 0 Å². The Hall–Kier alpha value is -2.90. The van der Waals surface area contributed by atoms with Gasteiger partial charge < -0.3 is 15.4 Å². The van der Waals surface area contributed by atoms with E-state index in [0.717, 1.165) is 25.9 Å². The summed E-state index contributed by atoms with van der Waals surface area (Å²) in [6.45, 7) is 1.91. The number of ether oxygens (including phenoxy) is 1. The van der Waals surface area contributed by atoms with Gasteiger partial charge in [0.2, 0.25) is 0 Å². The van der Waals surface area contributed by atoms with Crippen molar-refractivity contribution in [1.82, 2.24) is 20.3 Å². The average molecular weight is 398 g/mol. The molecular formula is C20H20ClN5O2. The van der Waals surface area contributed by atoms with E-state index in [1.165, 1.54) is 0 Å². The number of halogens is 1. The van der Waals surface area contributed by atoms with Crippen molar-refractivity contribution < 1.29 is 9.53 Å². The summed E-state index contributed by atoms with van der Waals surface area (Å²) in [4.78, 5) is 12.4. The second-order valence-electron chi connectivity index (χ2n) is 6.60. The van der Waals surface area contributed by atoms with Gasteiger partial charge in [-0.2, -0.15) is 0 Å². The smallest absolute Gasteiger partial charge is 0.277 e. The molecule has 0 bridgehead atoms. The van der Waals surface area contributed by atoms with Gasteiger partial charge in [-0.25, -0.2) is 4.68 Å². The highest BCUT2D eigenvalue weighted by atomic mass is 35.5. The fraction of sp³-hybridized carbons (Fsp3) is 0.250. The Morgan fingerprint density at radius 3 is 2.68 bits per heavy atom. The summed E-state index contributed by atoms with van der Waals surface area (Å²) in [5.41, 5.74) is 0.956. The molecule has 1 fully saturated rings. The van der Waals surface area contributed by atoms with Crippen molar-refractivity contribution in [2.75, 3.05) is 18.4 Å². The number of carbonyl (C=O) groups excluding carboxylic acids is 1. The maximum absolute atomic E-state index is 12.4. The predicted octanol–water partition coefficient (Wildman–Crippen LogP) is 3.90. The highest BCUT2D eigenvalue weighted by molar-refractivity contribution is 6.30. The first-order chi connectivity index (χ1) is 13.7. The van der Waals surface area contributed by atoms with E-state index in [0.29, 0.717) is 33.9 Å². The fourth-order valence-corrected chi connectivity index (χ4v) is 3.28. The van der Waals surface area contributed by atoms with Gasteiger partial charge in [0.15, 0.2) is 5.69 Å². The maximum atomic E-state index is 12.4. The molecule has 28 heavy (non-hydrogen) atoms. The van der Waals surface area contributed by atoms with Crippen LogP contribution in [0.4, 0.5) is 5.69 Å². The SMILES string of the molecule is O=C(Nc1ccc(Oc2cccc(Cl)c2)cc1)c1cn(C2CCNCC2)nn1. The van der Waals surface area contributed by atoms with Gasteiger partial charge in [0, 0.05) is 10.7 Å². The molecule has 7 nitrogen and oxygen atoms in total. The van der Waals surface area contributed by atoms with E-state index < -0.39 is 0 Å². The number of hydrogen-bond acceptors (Lipinski definition) is 5. The molecule has 1 saturated heterocycles. The summed E-state index contributed by atoms with van der Waals surface area (Å²) in [6.07, 6.45) is 3.68. The van der Waals surface area contributed by atoms with E-state index in [1.807, 2.05) is 12.1 Å². The average Bonchev–Trinajstić information content (AvgIpc) is 3.21. The summed E-state index contributed by atoms with van der Waals surface area (Å²) >= 11 is 5.96. The lowest BCUT2D eigenvalue weighted by molar-refractivity contribution is 0.102. The third kappa shape index (κ3) is 4.49. The summed E-state index contributed by atoms with van der Waals surface area (Å²) in [7, 11) is 0. The van der Waals surface area contributed by atoms with Crippen LogP contribution in [0.2, 0.25) is 5.02 Å². The van der Waals surface area contributed by atoms with Crippen LogP contribution in [0.15, 0.2) is 54.7 Å². The standard InChI is InChI=1S/C20H20ClN5O2/c21-14-2-1-3-18(12-14)28-17-6-4-15(5-7-17)23-20(27)19-13-26(25-24-19)16-8-10-22-11-9-16/h1-7,12-13,16,22H,8-11H2,(H,23,27). The number of hydrogen-bond donors (Lipinski definition) is 2. The summed E-state index contributed by atoms with van der Waals surface area (Å²) in [6, 6.07) is 14.6. The summed E-state index contributed by atoms with van der Waals surface area (Å²) in [5.74, 6) is 1.01. The van der Waals surface area contributed by atoms with Crippen LogP contribution in [-0.4, -0.2) is 34.0 Å². The van der Waals surface area contributed by atoms with Crippen molar-refractivity contribution in [3.05, 3.63) is 65.4 Å². The topological polar surface area (TPSA) is 81.1 Å². The molecule has 1 aliphatic rings. The third-order valence-corrected chi connectivity index (χ3v) is 4.80. The van der Waals surface area contributed by atoms with E-state index in [1.54, 1.807) is 47.3 Å². The molecule has 0 aliphatic carbocycles. The second kappa shape index (κ2) is 8.41. The van der Waals surface area contributed by atoms with E-state index in [4.69, 9.17) is 16.3 Å². The lowest BCUT2D eigenvalue weighted by atomic mass is 10.1. The first-order valence-corrected chi connectivity index (χ1v) is 9.52. The third-order valence-electron chi connectivity index (χ3n) is 4.57. The molecular weight excluding hydrogens is 378 g/mol. The van der Waals surface area contributed by atoms with Gasteiger partial charge in [-0.3, -0.25) is 4.79 Å². The van der Waals surface area contributed by atoms with Gasteiger partial charge in [-0.1, -0.05) is 22.9 Å². The molecule has 144 valence electrons. The number of benzene rings is 2. The molecule has 2 heterocycles. The van der Waals surface area contributed by atoms with E-state index in [2.05, 4.69) is 20.9 Å². The molecule has 0 unspecified atom stereocenters. The first kappa shape index (κ1) is 18.5. The number of carbonyl (C=O) groups is 1. The van der Waals surface area contributed by atoms with E-state index in [9.17, 15) is 4.79 Å². The lowest BCUT2D eigenvalue weighted by Crippen LogP contribution is -2.29. The van der Waals surface area contributed by atoms with Crippen molar-refractivity contribution in [2.24, 2.45) is 0 Å². The van der Waals surface area contributed by atoms with Crippen LogP contribution in [0.1, 0.15) is 29.4 Å². The normalized spacial score (nSPS) is 14.6. The van der Waals surface area contributed by atoms with Crippen LogP contribution in [0.5, 0.6) is 11.5 Å². The number of nitrogens with zero attached hydrogens (tertiary/aromatic N) is 3. The second-order valence-corrected chi connectivity index (χ2v) is 7.04. The van der Waals surface area contributed by atoms with Crippen molar-refractivity contribution in [3.63, 3.8) is 0 Å². The largest absolute Gasteiger partial charge is 0.457 e. The molecule has 2 N–H and O–H groups in total. The molecule has 0 spiro atoms. The molecule has 2 aromatic carbocycles. The monoisotopic (exact) mass is 397 g/mol. The number of rotatable bonds is 5. The molecule has 1 amide bonds. The zero-order valence-corrected chi connectivity index (χ0v) is 15.9.